The molecule has 4 aliphatic rings. The zero-order valence-electron chi connectivity index (χ0n) is 26.2. The van der Waals surface area contributed by atoms with E-state index >= 15 is 0 Å². The molecule has 2 fully saturated rings. The van der Waals surface area contributed by atoms with Crippen LogP contribution in [0.4, 0.5) is 19.3 Å². The van der Waals surface area contributed by atoms with E-state index in [4.69, 9.17) is 26.1 Å². The smallest absolute Gasteiger partial charge is 0.410 e. The Morgan fingerprint density at radius 2 is 2.00 bits per heavy atom. The Bertz CT molecular complexity index is 1860. The number of rotatable bonds is 6. The van der Waals surface area contributed by atoms with E-state index in [-0.39, 0.29) is 52.3 Å². The Morgan fingerprint density at radius 1 is 1.23 bits per heavy atom. The number of amides is 2. The molecule has 1 aromatic carbocycles. The van der Waals surface area contributed by atoms with Gasteiger partial charge in [-0.25, -0.2) is 4.79 Å². The molecule has 2 amide bonds. The highest BCUT2D eigenvalue weighted by atomic mass is 35.5. The Morgan fingerprint density at radius 3 is 2.66 bits per heavy atom. The SMILES string of the molecule is CC(C)(C)OC(=O)N1CCC2(CC1)c1c(n(CC(=O)Nc3ccc(OC(F)F)cc3Cl)c3nc(C4=CCOCC4)nn3c1=O)C1CC12. The molecule has 2 aliphatic heterocycles. The summed E-state index contributed by atoms with van der Waals surface area (Å²) in [6, 6.07) is 3.88. The van der Waals surface area contributed by atoms with Gasteiger partial charge in [0.1, 0.15) is 17.9 Å². The zero-order valence-corrected chi connectivity index (χ0v) is 27.0. The maximum Gasteiger partial charge on any atom is 0.410 e. The van der Waals surface area contributed by atoms with Gasteiger partial charge in [-0.1, -0.05) is 17.7 Å². The van der Waals surface area contributed by atoms with E-state index < -0.39 is 23.5 Å². The fourth-order valence-corrected chi connectivity index (χ4v) is 7.60. The second-order valence-corrected chi connectivity index (χ2v) is 13.9. The number of alkyl halides is 2. The molecule has 2 aliphatic carbocycles. The highest BCUT2D eigenvalue weighted by Crippen LogP contribution is 2.67. The van der Waals surface area contributed by atoms with Crippen molar-refractivity contribution < 1.29 is 32.6 Å². The molecule has 15 heteroatoms. The van der Waals surface area contributed by atoms with Crippen molar-refractivity contribution in [1.29, 1.82) is 0 Å². The summed E-state index contributed by atoms with van der Waals surface area (Å²) in [5, 5.41) is 7.44. The van der Waals surface area contributed by atoms with E-state index in [0.29, 0.717) is 57.0 Å². The lowest BCUT2D eigenvalue weighted by atomic mass is 9.71. The lowest BCUT2D eigenvalue weighted by molar-refractivity contribution is -0.116. The molecule has 0 bridgehead atoms. The van der Waals surface area contributed by atoms with Crippen molar-refractivity contribution in [2.75, 3.05) is 31.6 Å². The van der Waals surface area contributed by atoms with Gasteiger partial charge in [0, 0.05) is 41.7 Å². The van der Waals surface area contributed by atoms with Crippen LogP contribution in [-0.2, 0) is 26.2 Å². The van der Waals surface area contributed by atoms with E-state index in [1.807, 2.05) is 26.8 Å². The molecule has 1 spiro atoms. The number of hydrogen-bond acceptors (Lipinski definition) is 8. The van der Waals surface area contributed by atoms with Crippen LogP contribution < -0.4 is 15.6 Å². The van der Waals surface area contributed by atoms with Crippen LogP contribution in [0.2, 0.25) is 5.02 Å². The first-order valence-electron chi connectivity index (χ1n) is 15.7. The highest BCUT2D eigenvalue weighted by molar-refractivity contribution is 6.33. The number of likely N-dealkylation sites (tertiary alicyclic amines) is 1. The summed E-state index contributed by atoms with van der Waals surface area (Å²) in [7, 11) is 0. The minimum atomic E-state index is -3.01. The molecule has 1 saturated carbocycles. The van der Waals surface area contributed by atoms with Crippen LogP contribution in [0.15, 0.2) is 29.1 Å². The lowest BCUT2D eigenvalue weighted by Crippen LogP contribution is -2.49. The highest BCUT2D eigenvalue weighted by Gasteiger charge is 2.64. The predicted octanol–water partition coefficient (Wildman–Crippen LogP) is 4.97. The summed E-state index contributed by atoms with van der Waals surface area (Å²) in [4.78, 5) is 47.3. The molecule has 0 radical (unpaired) electrons. The predicted molar refractivity (Wildman–Crippen MR) is 167 cm³/mol. The van der Waals surface area contributed by atoms with E-state index in [1.165, 1.54) is 22.7 Å². The average Bonchev–Trinajstić information content (AvgIpc) is 3.60. The summed E-state index contributed by atoms with van der Waals surface area (Å²) in [5.41, 5.74) is 1.13. The number of benzene rings is 1. The summed E-state index contributed by atoms with van der Waals surface area (Å²) in [6.45, 7) is 4.08. The van der Waals surface area contributed by atoms with Gasteiger partial charge in [0.05, 0.1) is 23.9 Å². The molecule has 12 nitrogen and oxygen atoms in total. The van der Waals surface area contributed by atoms with Crippen LogP contribution in [-0.4, -0.2) is 74.6 Å². The van der Waals surface area contributed by atoms with Crippen molar-refractivity contribution >= 4 is 40.6 Å². The topological polar surface area (TPSA) is 129 Å². The first-order chi connectivity index (χ1) is 22.3. The molecule has 1 saturated heterocycles. The Balaban J connectivity index is 1.25. The molecule has 2 unspecified atom stereocenters. The fraction of sp³-hybridized carbons (Fsp3) is 0.531. The minimum Gasteiger partial charge on any atom is -0.444 e. The van der Waals surface area contributed by atoms with Crippen molar-refractivity contribution in [3.05, 3.63) is 56.7 Å². The Kier molecular flexibility index (Phi) is 7.78. The average molecular weight is 673 g/mol. The third-order valence-electron chi connectivity index (χ3n) is 9.43. The third kappa shape index (κ3) is 5.75. The van der Waals surface area contributed by atoms with E-state index in [9.17, 15) is 23.2 Å². The van der Waals surface area contributed by atoms with Gasteiger partial charge in [-0.05, 0) is 70.1 Å². The van der Waals surface area contributed by atoms with Crippen LogP contribution in [0.25, 0.3) is 11.4 Å². The van der Waals surface area contributed by atoms with Crippen LogP contribution in [0.5, 0.6) is 5.75 Å². The molecule has 2 aromatic heterocycles. The first-order valence-corrected chi connectivity index (χ1v) is 16.1. The minimum absolute atomic E-state index is 0.0287. The van der Waals surface area contributed by atoms with Crippen LogP contribution in [0.1, 0.15) is 69.5 Å². The quantitative estimate of drug-likeness (QED) is 0.389. The number of nitrogens with zero attached hydrogens (tertiary/aromatic N) is 5. The van der Waals surface area contributed by atoms with Crippen molar-refractivity contribution in [2.24, 2.45) is 5.92 Å². The third-order valence-corrected chi connectivity index (χ3v) is 9.75. The summed E-state index contributed by atoms with van der Waals surface area (Å²) < 4.78 is 43.9. The lowest BCUT2D eigenvalue weighted by Gasteiger charge is -2.41. The summed E-state index contributed by atoms with van der Waals surface area (Å²) >= 11 is 6.29. The van der Waals surface area contributed by atoms with Crippen molar-refractivity contribution in [3.8, 4) is 5.75 Å². The van der Waals surface area contributed by atoms with Gasteiger partial charge in [-0.3, -0.25) is 9.59 Å². The van der Waals surface area contributed by atoms with Gasteiger partial charge in [0.25, 0.3) is 5.56 Å². The number of fused-ring (bicyclic) bond motifs is 6. The number of nitrogens with one attached hydrogen (secondary N) is 1. The van der Waals surface area contributed by atoms with E-state index in [2.05, 4.69) is 15.2 Å². The number of hydrogen-bond donors (Lipinski definition) is 1. The van der Waals surface area contributed by atoms with Gasteiger partial charge >= 0.3 is 12.7 Å². The number of ether oxygens (including phenoxy) is 3. The molecular formula is C32H35ClF2N6O6. The monoisotopic (exact) mass is 672 g/mol. The van der Waals surface area contributed by atoms with Crippen LogP contribution in [0, 0.1) is 5.92 Å². The second-order valence-electron chi connectivity index (χ2n) is 13.5. The van der Waals surface area contributed by atoms with E-state index in [1.54, 1.807) is 9.47 Å². The Hall–Kier alpha value is -4.04. The molecule has 7 rings (SSSR count). The van der Waals surface area contributed by atoms with Crippen LogP contribution >= 0.6 is 11.6 Å². The molecule has 250 valence electrons. The second kappa shape index (κ2) is 11.6. The van der Waals surface area contributed by atoms with Gasteiger partial charge in [0.2, 0.25) is 11.7 Å². The maximum atomic E-state index is 14.4. The normalized spacial score (nSPS) is 21.4. The number of aromatic nitrogens is 4. The van der Waals surface area contributed by atoms with Gasteiger partial charge < -0.3 is 29.0 Å². The zero-order chi connectivity index (χ0) is 33.2. The fourth-order valence-electron chi connectivity index (χ4n) is 7.38. The first kappa shape index (κ1) is 31.6. The van der Waals surface area contributed by atoms with Crippen molar-refractivity contribution in [1.82, 2.24) is 24.1 Å². The number of carbonyl (C=O) groups excluding carboxylic acids is 2. The number of carbonyl (C=O) groups is 2. The van der Waals surface area contributed by atoms with Crippen molar-refractivity contribution in [3.63, 3.8) is 0 Å². The molecule has 2 atom stereocenters. The maximum absolute atomic E-state index is 14.4. The van der Waals surface area contributed by atoms with Gasteiger partial charge in [-0.15, -0.1) is 5.10 Å². The molecule has 47 heavy (non-hydrogen) atoms. The standard InChI is InChI=1S/C32H35ClF2N6O6/c1-31(2,3)47-30(44)39-10-8-32(9-11-39)20-15-19(20)25-24(32)27(43)41-29(37-26(38-41)17-6-12-45-13-7-17)40(25)16-23(42)36-22-5-4-18(14-21(22)33)46-28(34)35/h4-6,14,19-20,28H,7-13,15-16H2,1-3H3,(H,36,42). The largest absolute Gasteiger partial charge is 0.444 e. The van der Waals surface area contributed by atoms with Crippen molar-refractivity contribution in [2.45, 2.75) is 76.5 Å². The van der Waals surface area contributed by atoms with E-state index in [0.717, 1.165) is 17.7 Å². The Labute approximate surface area is 273 Å². The summed E-state index contributed by atoms with van der Waals surface area (Å²) in [6.07, 6.45) is 4.13. The molecule has 3 aromatic rings. The number of anilines is 1. The molecular weight excluding hydrogens is 638 g/mol. The molecule has 1 N–H and O–H groups in total. The van der Waals surface area contributed by atoms with Crippen LogP contribution in [0.3, 0.4) is 0 Å². The number of piperidine rings is 1. The van der Waals surface area contributed by atoms with Gasteiger partial charge in [-0.2, -0.15) is 18.3 Å². The molecule has 4 heterocycles. The summed E-state index contributed by atoms with van der Waals surface area (Å²) in [5.74, 6) is 0.329. The number of halogens is 3. The van der Waals surface area contributed by atoms with Gasteiger partial charge in [0.15, 0.2) is 5.82 Å².